The molecule has 0 heterocycles. The number of nitrogens with one attached hydrogen (secondary N) is 1. The number of allylic oxidation sites excluding steroid dienone is 8. The summed E-state index contributed by atoms with van der Waals surface area (Å²) < 4.78 is 5.50. The molecular formula is C72H135NO5. The van der Waals surface area contributed by atoms with Crippen molar-refractivity contribution in [3.8, 4) is 0 Å². The first-order valence-corrected chi connectivity index (χ1v) is 34.9. The monoisotopic (exact) mass is 1090 g/mol. The molecule has 0 aromatic heterocycles. The van der Waals surface area contributed by atoms with Crippen molar-refractivity contribution < 1.29 is 24.5 Å². The smallest absolute Gasteiger partial charge is 0.305 e. The maximum atomic E-state index is 12.5. The maximum Gasteiger partial charge on any atom is 0.305 e. The second-order valence-corrected chi connectivity index (χ2v) is 23.9. The largest absolute Gasteiger partial charge is 0.466 e. The number of carbonyl (C=O) groups excluding carboxylic acids is 2. The van der Waals surface area contributed by atoms with Crippen LogP contribution in [0.2, 0.25) is 0 Å². The molecule has 2 unspecified atom stereocenters. The Hall–Kier alpha value is -2.18. The summed E-state index contributed by atoms with van der Waals surface area (Å²) >= 11 is 0. The van der Waals surface area contributed by atoms with Crippen LogP contribution in [0.5, 0.6) is 0 Å². The van der Waals surface area contributed by atoms with Crippen LogP contribution in [-0.2, 0) is 14.3 Å². The standard InChI is InChI=1S/C72H135NO5/c1-3-5-7-9-11-13-15-17-19-20-30-34-38-42-46-50-54-58-62-66-72(77)78-67-63-59-55-51-47-43-39-35-32-29-27-25-23-21-22-24-26-28-31-33-37-41-45-49-53-57-61-65-71(76)73-69(68-74)70(75)64-60-56-52-48-44-40-36-18-16-14-12-10-8-6-4-2/h11,13,17,19,21-22,25,27,69-70,74-75H,3-10,12,14-16,18,20,23-24,26,28-68H2,1-2H3,(H,73,76)/b13-11-,19-17-,22-21-,27-25-. The number of carbonyl (C=O) groups is 2. The van der Waals surface area contributed by atoms with Crippen molar-refractivity contribution in [3.63, 3.8) is 0 Å². The first-order valence-electron chi connectivity index (χ1n) is 34.9. The van der Waals surface area contributed by atoms with Gasteiger partial charge in [-0.2, -0.15) is 0 Å². The number of rotatable bonds is 65. The van der Waals surface area contributed by atoms with Gasteiger partial charge in [0.2, 0.25) is 5.91 Å². The highest BCUT2D eigenvalue weighted by atomic mass is 16.5. The Morgan fingerprint density at radius 1 is 0.359 bits per heavy atom. The van der Waals surface area contributed by atoms with Gasteiger partial charge in [-0.05, 0) is 89.9 Å². The Bertz CT molecular complexity index is 1310. The van der Waals surface area contributed by atoms with Gasteiger partial charge >= 0.3 is 5.97 Å². The fourth-order valence-corrected chi connectivity index (χ4v) is 10.8. The summed E-state index contributed by atoms with van der Waals surface area (Å²) in [6, 6.07) is -0.545. The lowest BCUT2D eigenvalue weighted by Crippen LogP contribution is -2.45. The van der Waals surface area contributed by atoms with Crippen molar-refractivity contribution >= 4 is 11.9 Å². The van der Waals surface area contributed by atoms with Gasteiger partial charge in [0.1, 0.15) is 0 Å². The van der Waals surface area contributed by atoms with Crippen molar-refractivity contribution in [2.75, 3.05) is 13.2 Å². The van der Waals surface area contributed by atoms with Gasteiger partial charge in [0.15, 0.2) is 0 Å². The van der Waals surface area contributed by atoms with Crippen molar-refractivity contribution in [3.05, 3.63) is 48.6 Å². The van der Waals surface area contributed by atoms with E-state index >= 15 is 0 Å². The van der Waals surface area contributed by atoms with Gasteiger partial charge in [-0.3, -0.25) is 9.59 Å². The molecule has 78 heavy (non-hydrogen) atoms. The molecule has 0 fully saturated rings. The van der Waals surface area contributed by atoms with E-state index in [-0.39, 0.29) is 18.5 Å². The summed E-state index contributed by atoms with van der Waals surface area (Å²) in [4.78, 5) is 24.6. The third-order valence-corrected chi connectivity index (χ3v) is 16.1. The molecule has 0 bridgehead atoms. The van der Waals surface area contributed by atoms with E-state index in [1.54, 1.807) is 0 Å². The predicted octanol–water partition coefficient (Wildman–Crippen LogP) is 22.5. The maximum absolute atomic E-state index is 12.5. The second-order valence-electron chi connectivity index (χ2n) is 23.9. The summed E-state index contributed by atoms with van der Waals surface area (Å²) in [6.07, 6.45) is 87.2. The number of ether oxygens (including phenoxy) is 1. The van der Waals surface area contributed by atoms with Crippen LogP contribution in [0.4, 0.5) is 0 Å². The highest BCUT2D eigenvalue weighted by Crippen LogP contribution is 2.18. The predicted molar refractivity (Wildman–Crippen MR) is 342 cm³/mol. The first-order chi connectivity index (χ1) is 38.5. The summed E-state index contributed by atoms with van der Waals surface area (Å²) in [5.74, 6) is -0.0294. The summed E-state index contributed by atoms with van der Waals surface area (Å²) in [7, 11) is 0. The van der Waals surface area contributed by atoms with E-state index in [9.17, 15) is 19.8 Å². The number of hydrogen-bond acceptors (Lipinski definition) is 5. The molecular weight excluding hydrogens is 959 g/mol. The fraction of sp³-hybridized carbons (Fsp3) is 0.861. The number of aliphatic hydroxyl groups excluding tert-OH is 2. The summed E-state index contributed by atoms with van der Waals surface area (Å²) in [5, 5.41) is 23.3. The lowest BCUT2D eigenvalue weighted by atomic mass is 10.0. The van der Waals surface area contributed by atoms with Crippen LogP contribution in [0.15, 0.2) is 48.6 Å². The molecule has 0 aliphatic heterocycles. The molecule has 0 aliphatic rings. The Balaban J connectivity index is 3.41. The van der Waals surface area contributed by atoms with Gasteiger partial charge < -0.3 is 20.3 Å². The average molecular weight is 1090 g/mol. The van der Waals surface area contributed by atoms with E-state index in [0.29, 0.717) is 25.9 Å². The zero-order chi connectivity index (χ0) is 56.4. The van der Waals surface area contributed by atoms with Gasteiger partial charge in [0.05, 0.1) is 25.4 Å². The van der Waals surface area contributed by atoms with E-state index in [2.05, 4.69) is 67.8 Å². The number of unbranched alkanes of at least 4 members (excludes halogenated alkanes) is 46. The second kappa shape index (κ2) is 67.3. The van der Waals surface area contributed by atoms with Crippen molar-refractivity contribution in [2.45, 2.75) is 386 Å². The van der Waals surface area contributed by atoms with Crippen LogP contribution in [0, 0.1) is 0 Å². The molecule has 0 aromatic carbocycles. The van der Waals surface area contributed by atoms with Crippen LogP contribution >= 0.6 is 0 Å². The normalized spacial score (nSPS) is 12.8. The minimum atomic E-state index is -0.667. The van der Waals surface area contributed by atoms with E-state index in [4.69, 9.17) is 4.74 Å². The van der Waals surface area contributed by atoms with Crippen molar-refractivity contribution in [1.29, 1.82) is 0 Å². The number of hydrogen-bond donors (Lipinski definition) is 3. The van der Waals surface area contributed by atoms with E-state index in [1.807, 2.05) is 0 Å². The Labute approximate surface area is 486 Å². The van der Waals surface area contributed by atoms with Crippen LogP contribution in [-0.4, -0.2) is 47.4 Å². The first kappa shape index (κ1) is 75.8. The highest BCUT2D eigenvalue weighted by Gasteiger charge is 2.20. The zero-order valence-electron chi connectivity index (χ0n) is 52.4. The molecule has 6 nitrogen and oxygen atoms in total. The Morgan fingerprint density at radius 2 is 0.641 bits per heavy atom. The lowest BCUT2D eigenvalue weighted by molar-refractivity contribution is -0.143. The van der Waals surface area contributed by atoms with Crippen LogP contribution in [0.25, 0.3) is 0 Å². The Morgan fingerprint density at radius 3 is 1.00 bits per heavy atom. The molecule has 3 N–H and O–H groups in total. The quantitative estimate of drug-likeness (QED) is 0.0320. The molecule has 0 spiro atoms. The zero-order valence-corrected chi connectivity index (χ0v) is 52.4. The lowest BCUT2D eigenvalue weighted by Gasteiger charge is -2.22. The summed E-state index contributed by atoms with van der Waals surface area (Å²) in [5.41, 5.74) is 0. The number of amides is 1. The molecule has 1 amide bonds. The van der Waals surface area contributed by atoms with Crippen LogP contribution in [0.1, 0.15) is 373 Å². The minimum absolute atomic E-state index is 0.00702. The highest BCUT2D eigenvalue weighted by molar-refractivity contribution is 5.76. The SMILES string of the molecule is CCCCC/C=C\C/C=C\CCCCCCCCCCCC(=O)OCCCCCCCCCCC/C=C\C/C=C\CCCCCCCCCCCCCC(=O)NC(CO)C(O)CCCCCCCCCCCCCCCCC. The molecule has 0 aromatic rings. The topological polar surface area (TPSA) is 95.9 Å². The molecule has 0 radical (unpaired) electrons. The van der Waals surface area contributed by atoms with Crippen LogP contribution in [0.3, 0.4) is 0 Å². The van der Waals surface area contributed by atoms with Crippen LogP contribution < -0.4 is 5.32 Å². The van der Waals surface area contributed by atoms with Gasteiger partial charge in [-0.25, -0.2) is 0 Å². The van der Waals surface area contributed by atoms with Gasteiger partial charge in [0, 0.05) is 12.8 Å². The number of esters is 1. The molecule has 0 rings (SSSR count). The number of aliphatic hydroxyl groups is 2. The van der Waals surface area contributed by atoms with Crippen molar-refractivity contribution in [2.24, 2.45) is 0 Å². The third kappa shape index (κ3) is 63.0. The third-order valence-electron chi connectivity index (χ3n) is 16.1. The molecule has 0 saturated carbocycles. The molecule has 458 valence electrons. The fourth-order valence-electron chi connectivity index (χ4n) is 10.8. The van der Waals surface area contributed by atoms with Crippen molar-refractivity contribution in [1.82, 2.24) is 5.32 Å². The Kier molecular flexibility index (Phi) is 65.4. The molecule has 6 heteroatoms. The van der Waals surface area contributed by atoms with Gasteiger partial charge in [-0.15, -0.1) is 0 Å². The molecule has 0 aliphatic carbocycles. The minimum Gasteiger partial charge on any atom is -0.466 e. The van der Waals surface area contributed by atoms with Gasteiger partial charge in [0.25, 0.3) is 0 Å². The average Bonchev–Trinajstić information content (AvgIpc) is 3.44. The van der Waals surface area contributed by atoms with E-state index in [0.717, 1.165) is 57.8 Å². The van der Waals surface area contributed by atoms with E-state index in [1.165, 1.54) is 283 Å². The van der Waals surface area contributed by atoms with E-state index < -0.39 is 12.1 Å². The van der Waals surface area contributed by atoms with Gasteiger partial charge in [-0.1, -0.05) is 319 Å². The summed E-state index contributed by atoms with van der Waals surface area (Å²) in [6.45, 7) is 4.94. The molecule has 2 atom stereocenters. The molecule has 0 saturated heterocycles.